The Hall–Kier alpha value is -2.67. The maximum atomic E-state index is 15.0. The van der Waals surface area contributed by atoms with Gasteiger partial charge in [0, 0.05) is 24.7 Å². The number of anilines is 2. The van der Waals surface area contributed by atoms with Crippen molar-refractivity contribution < 1.29 is 8.78 Å². The molecule has 0 aliphatic carbocycles. The minimum Gasteiger partial charge on any atom is -0.397 e. The molecule has 1 aromatic carbocycles. The number of rotatable bonds is 4. The van der Waals surface area contributed by atoms with Crippen LogP contribution in [0.5, 0.6) is 0 Å². The lowest BCUT2D eigenvalue weighted by atomic mass is 9.98. The van der Waals surface area contributed by atoms with Crippen LogP contribution in [0.3, 0.4) is 0 Å². The van der Waals surface area contributed by atoms with Gasteiger partial charge < -0.3 is 15.6 Å². The molecule has 3 aromatic rings. The van der Waals surface area contributed by atoms with Crippen molar-refractivity contribution in [3.63, 3.8) is 0 Å². The molecular formula is C20H23F2N5. The van der Waals surface area contributed by atoms with Gasteiger partial charge in [0.15, 0.2) is 0 Å². The first-order valence-electron chi connectivity index (χ1n) is 9.03. The van der Waals surface area contributed by atoms with Crippen molar-refractivity contribution in [3.05, 3.63) is 54.4 Å². The number of alkyl halides is 2. The molecule has 0 bridgehead atoms. The van der Waals surface area contributed by atoms with Gasteiger partial charge in [0.25, 0.3) is 5.92 Å². The van der Waals surface area contributed by atoms with Crippen molar-refractivity contribution in [2.45, 2.75) is 24.9 Å². The maximum absolute atomic E-state index is 15.0. The van der Waals surface area contributed by atoms with Crippen LogP contribution in [0.25, 0.3) is 11.0 Å². The summed E-state index contributed by atoms with van der Waals surface area (Å²) in [6.45, 7) is 0.736. The average Bonchev–Trinajstić information content (AvgIpc) is 3.02. The van der Waals surface area contributed by atoms with Gasteiger partial charge in [-0.05, 0) is 25.1 Å². The van der Waals surface area contributed by atoms with E-state index in [1.54, 1.807) is 29.2 Å². The Morgan fingerprint density at radius 1 is 1.33 bits per heavy atom. The summed E-state index contributed by atoms with van der Waals surface area (Å²) in [6.07, 6.45) is 3.68. The highest BCUT2D eigenvalue weighted by atomic mass is 19.3. The predicted molar refractivity (Wildman–Crippen MR) is 104 cm³/mol. The molecule has 142 valence electrons. The van der Waals surface area contributed by atoms with Gasteiger partial charge in [-0.1, -0.05) is 30.3 Å². The van der Waals surface area contributed by atoms with Crippen molar-refractivity contribution in [2.75, 3.05) is 30.8 Å². The van der Waals surface area contributed by atoms with E-state index in [-0.39, 0.29) is 6.54 Å². The van der Waals surface area contributed by atoms with Gasteiger partial charge in [-0.2, -0.15) is 0 Å². The van der Waals surface area contributed by atoms with Gasteiger partial charge in [-0.25, -0.2) is 13.8 Å². The number of H-pyrrole nitrogens is 1. The van der Waals surface area contributed by atoms with E-state index in [1.807, 2.05) is 36.4 Å². The summed E-state index contributed by atoms with van der Waals surface area (Å²) < 4.78 is 29.9. The van der Waals surface area contributed by atoms with Crippen LogP contribution in [0.4, 0.5) is 20.2 Å². The van der Waals surface area contributed by atoms with Gasteiger partial charge in [-0.3, -0.25) is 4.90 Å². The van der Waals surface area contributed by atoms with E-state index in [0.29, 0.717) is 36.5 Å². The second kappa shape index (κ2) is 6.81. The van der Waals surface area contributed by atoms with Crippen LogP contribution < -0.4 is 10.6 Å². The van der Waals surface area contributed by atoms with E-state index in [1.165, 1.54) is 0 Å². The van der Waals surface area contributed by atoms with Gasteiger partial charge in [0.05, 0.1) is 30.2 Å². The number of halogens is 2. The number of fused-ring (bicyclic) bond motifs is 1. The van der Waals surface area contributed by atoms with Crippen LogP contribution in [0.1, 0.15) is 12.0 Å². The maximum Gasteiger partial charge on any atom is 0.280 e. The SMILES string of the molecule is CN(Cc1ccccc1)C1CCN(c2cnc3[nH]cc(N)c3c2)CC1(F)F. The van der Waals surface area contributed by atoms with Gasteiger partial charge >= 0.3 is 0 Å². The molecular weight excluding hydrogens is 348 g/mol. The molecule has 1 atom stereocenters. The predicted octanol–water partition coefficient (Wildman–Crippen LogP) is 3.49. The Morgan fingerprint density at radius 3 is 2.85 bits per heavy atom. The highest BCUT2D eigenvalue weighted by Crippen LogP contribution is 2.34. The second-order valence-corrected chi connectivity index (χ2v) is 7.22. The molecule has 2 aromatic heterocycles. The standard InChI is InChI=1S/C20H23F2N5/c1-26(12-14-5-3-2-4-6-14)18-7-8-27(13-20(18,21)22)15-9-16-17(23)11-25-19(16)24-10-15/h2-6,9-11,18H,7-8,12-13,23H2,1H3,(H,24,25). The first-order valence-corrected chi connectivity index (χ1v) is 9.03. The molecule has 0 radical (unpaired) electrons. The zero-order chi connectivity index (χ0) is 19.0. The molecule has 1 aliphatic rings. The second-order valence-electron chi connectivity index (χ2n) is 7.22. The largest absolute Gasteiger partial charge is 0.397 e. The molecule has 27 heavy (non-hydrogen) atoms. The zero-order valence-corrected chi connectivity index (χ0v) is 15.2. The number of nitrogens with two attached hydrogens (primary N) is 1. The molecule has 0 spiro atoms. The Labute approximate surface area is 156 Å². The molecule has 4 rings (SSSR count). The molecule has 0 saturated carbocycles. The normalized spacial score (nSPS) is 19.7. The first kappa shape index (κ1) is 17.7. The summed E-state index contributed by atoms with van der Waals surface area (Å²) in [7, 11) is 1.77. The molecule has 7 heteroatoms. The molecule has 3 N–H and O–H groups in total. The summed E-state index contributed by atoms with van der Waals surface area (Å²) in [5.41, 5.74) is 8.87. The smallest absolute Gasteiger partial charge is 0.280 e. The van der Waals surface area contributed by atoms with Crippen molar-refractivity contribution in [3.8, 4) is 0 Å². The van der Waals surface area contributed by atoms with E-state index in [0.717, 1.165) is 10.9 Å². The fourth-order valence-corrected chi connectivity index (χ4v) is 3.86. The summed E-state index contributed by atoms with van der Waals surface area (Å²) in [5.74, 6) is -2.82. The summed E-state index contributed by atoms with van der Waals surface area (Å²) >= 11 is 0. The van der Waals surface area contributed by atoms with Crippen LogP contribution >= 0.6 is 0 Å². The van der Waals surface area contributed by atoms with E-state index in [2.05, 4.69) is 9.97 Å². The first-order chi connectivity index (χ1) is 12.9. The third kappa shape index (κ3) is 3.47. The molecule has 0 amide bonds. The number of aromatic amines is 1. The van der Waals surface area contributed by atoms with Crippen molar-refractivity contribution in [2.24, 2.45) is 0 Å². The highest BCUT2D eigenvalue weighted by molar-refractivity contribution is 5.90. The van der Waals surface area contributed by atoms with Gasteiger partial charge in [0.2, 0.25) is 0 Å². The number of aromatic nitrogens is 2. The molecule has 3 heterocycles. The molecule has 1 fully saturated rings. The van der Waals surface area contributed by atoms with Crippen LogP contribution in [-0.4, -0.2) is 47.0 Å². The fourth-order valence-electron chi connectivity index (χ4n) is 3.86. The number of nitrogens with zero attached hydrogens (tertiary/aromatic N) is 3. The lowest BCUT2D eigenvalue weighted by Gasteiger charge is -2.43. The summed E-state index contributed by atoms with van der Waals surface area (Å²) in [4.78, 5) is 10.7. The van der Waals surface area contributed by atoms with Crippen LogP contribution in [0.15, 0.2) is 48.8 Å². The molecule has 1 saturated heterocycles. The minimum atomic E-state index is -2.82. The number of nitrogens with one attached hydrogen (secondary N) is 1. The van der Waals surface area contributed by atoms with E-state index in [4.69, 9.17) is 5.73 Å². The fraction of sp³-hybridized carbons (Fsp3) is 0.350. The van der Waals surface area contributed by atoms with E-state index in [9.17, 15) is 8.78 Å². The average molecular weight is 371 g/mol. The van der Waals surface area contributed by atoms with Crippen molar-refractivity contribution >= 4 is 22.4 Å². The Kier molecular flexibility index (Phi) is 4.47. The number of benzene rings is 1. The molecule has 1 unspecified atom stereocenters. The summed E-state index contributed by atoms with van der Waals surface area (Å²) in [6, 6.07) is 10.8. The van der Waals surface area contributed by atoms with Crippen LogP contribution in [-0.2, 0) is 6.54 Å². The monoisotopic (exact) mass is 371 g/mol. The van der Waals surface area contributed by atoms with E-state index < -0.39 is 12.0 Å². The topological polar surface area (TPSA) is 61.2 Å². The van der Waals surface area contributed by atoms with Gasteiger partial charge in [0.1, 0.15) is 5.65 Å². The van der Waals surface area contributed by atoms with Crippen molar-refractivity contribution in [1.29, 1.82) is 0 Å². The van der Waals surface area contributed by atoms with Gasteiger partial charge in [-0.15, -0.1) is 0 Å². The number of hydrogen-bond acceptors (Lipinski definition) is 4. The summed E-state index contributed by atoms with van der Waals surface area (Å²) in [5, 5.41) is 0.763. The molecule has 5 nitrogen and oxygen atoms in total. The number of pyridine rings is 1. The zero-order valence-electron chi connectivity index (χ0n) is 15.2. The number of piperidine rings is 1. The van der Waals surface area contributed by atoms with Crippen LogP contribution in [0, 0.1) is 0 Å². The van der Waals surface area contributed by atoms with Crippen molar-refractivity contribution in [1.82, 2.24) is 14.9 Å². The Bertz CT molecular complexity index is 925. The van der Waals surface area contributed by atoms with E-state index >= 15 is 0 Å². The third-order valence-corrected chi connectivity index (χ3v) is 5.28. The highest BCUT2D eigenvalue weighted by Gasteiger charge is 2.46. The minimum absolute atomic E-state index is 0.325. The lowest BCUT2D eigenvalue weighted by Crippen LogP contribution is -2.57. The number of nitrogen functional groups attached to an aromatic ring is 1. The third-order valence-electron chi connectivity index (χ3n) is 5.28. The Balaban J connectivity index is 1.50. The molecule has 1 aliphatic heterocycles. The Morgan fingerprint density at radius 2 is 2.11 bits per heavy atom. The number of hydrogen-bond donors (Lipinski definition) is 2. The van der Waals surface area contributed by atoms with Crippen LogP contribution in [0.2, 0.25) is 0 Å². The quantitative estimate of drug-likeness (QED) is 0.737. The lowest BCUT2D eigenvalue weighted by molar-refractivity contribution is -0.0835.